The standard InChI is InChI=1S/C7H15NO.C6H11NO.C5H11NO.C5H13N.C4H6N2O.C3H6N4.C3H6O2.CH4/c1-6-3-4-8(2)5-7(6)9;1-5(8)6-3-2-4-7-6;1-5(7)4-6(2)3;1-4-5-6(2)3;1-2-4(7)6-3-5;1-2-3-4-6-7-5-3;1-2-3(4)5;/h6-7,9H,3-5H2,1-2H3;6-7H,2-4H2,1H3;4H2,1-3H3;4-5H2,1-3H3;2H2,1H3,(H,6,7);2H2,1H3,(H,4,5,6,7);2H2,1H3,(H,4,5);1H4. The zero-order valence-electron chi connectivity index (χ0n) is 32.4. The van der Waals surface area contributed by atoms with E-state index in [1.807, 2.05) is 31.2 Å². The average Bonchev–Trinajstić information content (AvgIpc) is 3.76. The second kappa shape index (κ2) is 38.4. The summed E-state index contributed by atoms with van der Waals surface area (Å²) in [5.74, 6) is 0.779. The molecule has 0 spiro atoms. The van der Waals surface area contributed by atoms with Crippen LogP contribution in [0.5, 0.6) is 0 Å². The molecular weight excluding hydrogens is 644 g/mol. The number of aromatic amines is 1. The number of aromatic nitrogens is 4. The number of aliphatic carboxylic acids is 1. The van der Waals surface area contributed by atoms with Gasteiger partial charge in [-0.1, -0.05) is 47.3 Å². The lowest BCUT2D eigenvalue weighted by Crippen LogP contribution is -2.40. The molecule has 2 saturated heterocycles. The predicted octanol–water partition coefficient (Wildman–Crippen LogP) is 2.61. The van der Waals surface area contributed by atoms with Crippen molar-refractivity contribution in [3.05, 3.63) is 5.82 Å². The van der Waals surface area contributed by atoms with Gasteiger partial charge in [0.15, 0.2) is 12.0 Å². The summed E-state index contributed by atoms with van der Waals surface area (Å²) in [6, 6.07) is 0.176. The molecule has 2 aliphatic rings. The summed E-state index contributed by atoms with van der Waals surface area (Å²) < 4.78 is 0. The molecule has 0 radical (unpaired) electrons. The fraction of sp³-hybridized carbons (Fsp3) is 0.824. The summed E-state index contributed by atoms with van der Waals surface area (Å²) in [4.78, 5) is 46.4. The molecule has 0 saturated carbocycles. The van der Waals surface area contributed by atoms with E-state index in [1.54, 1.807) is 27.7 Å². The van der Waals surface area contributed by atoms with Crippen molar-refractivity contribution in [3.8, 4) is 6.19 Å². The number of piperidine rings is 1. The van der Waals surface area contributed by atoms with Crippen LogP contribution in [0.25, 0.3) is 0 Å². The molecule has 0 bridgehead atoms. The first-order chi connectivity index (χ1) is 22.9. The van der Waals surface area contributed by atoms with E-state index in [0.29, 0.717) is 18.9 Å². The topological polar surface area (TPSA) is 221 Å². The summed E-state index contributed by atoms with van der Waals surface area (Å²) in [6.45, 7) is 17.5. The maximum absolute atomic E-state index is 10.6. The van der Waals surface area contributed by atoms with Crippen molar-refractivity contribution in [3.63, 3.8) is 0 Å². The highest BCUT2D eigenvalue weighted by atomic mass is 16.4. The number of likely N-dealkylation sites (N-methyl/N-ethyl adjacent to an activating group) is 2. The van der Waals surface area contributed by atoms with E-state index in [1.165, 1.54) is 19.2 Å². The van der Waals surface area contributed by atoms with E-state index in [2.05, 4.69) is 70.7 Å². The largest absolute Gasteiger partial charge is 0.481 e. The maximum atomic E-state index is 10.6. The smallest absolute Gasteiger partial charge is 0.303 e. The minimum atomic E-state index is -0.745. The number of nitrogens with zero attached hydrogens (tertiary/aromatic N) is 7. The van der Waals surface area contributed by atoms with Crippen LogP contribution in [0, 0.1) is 17.4 Å². The van der Waals surface area contributed by atoms with Crippen LogP contribution in [-0.2, 0) is 25.6 Å². The van der Waals surface area contributed by atoms with Crippen molar-refractivity contribution in [1.82, 2.24) is 46.0 Å². The number of carbonyl (C=O) groups is 4. The molecule has 0 aromatic carbocycles. The lowest BCUT2D eigenvalue weighted by molar-refractivity contribution is -0.136. The van der Waals surface area contributed by atoms with Crippen LogP contribution < -0.4 is 10.6 Å². The molecule has 16 nitrogen and oxygen atoms in total. The summed E-state index contributed by atoms with van der Waals surface area (Å²) in [5, 5.41) is 43.0. The number of nitrogens with one attached hydrogen (secondary N) is 3. The number of β-amino-alcohol motifs (C(OH)–C–C–N with tert-alkyl or cyclic N) is 1. The Labute approximate surface area is 302 Å². The number of hydrogen-bond donors (Lipinski definition) is 5. The number of Topliss-reactive ketones (excluding diaryl/α,β-unsaturated/α-hetero) is 2. The van der Waals surface area contributed by atoms with Crippen molar-refractivity contribution in [1.29, 1.82) is 5.26 Å². The Bertz CT molecular complexity index is 982. The van der Waals surface area contributed by atoms with Crippen molar-refractivity contribution in [2.45, 2.75) is 113 Å². The fourth-order valence-corrected chi connectivity index (χ4v) is 3.61. The number of aliphatic hydroxyl groups excluding tert-OH is 1. The summed E-state index contributed by atoms with van der Waals surface area (Å²) in [7, 11) is 9.98. The number of hydrogen-bond acceptors (Lipinski definition) is 13. The van der Waals surface area contributed by atoms with Gasteiger partial charge < -0.3 is 30.2 Å². The van der Waals surface area contributed by atoms with Gasteiger partial charge in [0.05, 0.1) is 18.7 Å². The third-order valence-electron chi connectivity index (χ3n) is 6.41. The van der Waals surface area contributed by atoms with Crippen molar-refractivity contribution < 1.29 is 29.4 Å². The second-order valence-electron chi connectivity index (χ2n) is 12.0. The normalized spacial score (nSPS) is 17.1. The number of carboxylic acids is 1. The van der Waals surface area contributed by atoms with Crippen LogP contribution in [0.15, 0.2) is 0 Å². The number of ketones is 2. The Balaban J connectivity index is -0.000000158. The van der Waals surface area contributed by atoms with Gasteiger partial charge in [0.25, 0.3) is 0 Å². The van der Waals surface area contributed by atoms with E-state index in [9.17, 15) is 24.3 Å². The van der Waals surface area contributed by atoms with Crippen LogP contribution in [0.3, 0.4) is 0 Å². The van der Waals surface area contributed by atoms with Gasteiger partial charge in [0, 0.05) is 25.8 Å². The fourth-order valence-electron chi connectivity index (χ4n) is 3.61. The number of rotatable bonds is 8. The lowest BCUT2D eigenvalue weighted by Gasteiger charge is -2.31. The molecule has 294 valence electrons. The van der Waals surface area contributed by atoms with Crippen LogP contribution in [-0.4, -0.2) is 149 Å². The molecule has 0 aliphatic carbocycles. The Kier molecular flexibility index (Phi) is 43.1. The molecule has 1 aromatic rings. The number of aryl methyl sites for hydroxylation is 1. The highest BCUT2D eigenvalue weighted by Crippen LogP contribution is 2.14. The number of aliphatic hydroxyl groups is 1. The highest BCUT2D eigenvalue weighted by Gasteiger charge is 2.21. The summed E-state index contributed by atoms with van der Waals surface area (Å²) in [6.07, 6.45) is 7.45. The molecule has 5 N–H and O–H groups in total. The lowest BCUT2D eigenvalue weighted by atomic mass is 9.97. The van der Waals surface area contributed by atoms with E-state index in [4.69, 9.17) is 10.4 Å². The van der Waals surface area contributed by atoms with Gasteiger partial charge >= 0.3 is 5.97 Å². The van der Waals surface area contributed by atoms with Gasteiger partial charge in [-0.15, -0.1) is 10.2 Å². The number of nitriles is 1. The molecule has 1 aromatic heterocycles. The molecule has 2 aliphatic heterocycles. The van der Waals surface area contributed by atoms with E-state index < -0.39 is 5.97 Å². The number of likely N-dealkylation sites (tertiary alicyclic amines) is 1. The number of tetrazole rings is 1. The third kappa shape index (κ3) is 44.6. The van der Waals surface area contributed by atoms with Gasteiger partial charge in [-0.2, -0.15) is 10.5 Å². The second-order valence-corrected chi connectivity index (χ2v) is 12.0. The Morgan fingerprint density at radius 2 is 1.62 bits per heavy atom. The maximum Gasteiger partial charge on any atom is 0.303 e. The van der Waals surface area contributed by atoms with Crippen LogP contribution in [0.2, 0.25) is 0 Å². The average molecular weight is 717 g/mol. The van der Waals surface area contributed by atoms with Gasteiger partial charge in [0.1, 0.15) is 11.6 Å². The quantitative estimate of drug-likeness (QED) is 0.193. The van der Waals surface area contributed by atoms with Crippen LogP contribution in [0.1, 0.15) is 100 Å². The number of H-pyrrole nitrogens is 1. The van der Waals surface area contributed by atoms with Crippen molar-refractivity contribution in [2.24, 2.45) is 5.92 Å². The Morgan fingerprint density at radius 3 is 1.80 bits per heavy atom. The van der Waals surface area contributed by atoms with Crippen molar-refractivity contribution in [2.75, 3.05) is 68.0 Å². The molecule has 3 unspecified atom stereocenters. The Hall–Kier alpha value is -3.36. The molecule has 3 rings (SSSR count). The molecular formula is C34H72N10O6. The van der Waals surface area contributed by atoms with E-state index in [-0.39, 0.29) is 43.5 Å². The van der Waals surface area contributed by atoms with Crippen LogP contribution >= 0.6 is 0 Å². The zero-order chi connectivity index (χ0) is 38.8. The monoisotopic (exact) mass is 717 g/mol. The van der Waals surface area contributed by atoms with Gasteiger partial charge in [0.2, 0.25) is 5.91 Å². The number of amides is 1. The molecule has 3 atom stereocenters. The zero-order valence-corrected chi connectivity index (χ0v) is 32.4. The molecule has 16 heteroatoms. The van der Waals surface area contributed by atoms with Gasteiger partial charge in [-0.05, 0) is 100 Å². The minimum Gasteiger partial charge on any atom is -0.481 e. The number of carboxylic acid groups (broad SMARTS) is 1. The molecule has 1 amide bonds. The highest BCUT2D eigenvalue weighted by molar-refractivity contribution is 5.81. The first-order valence-corrected chi connectivity index (χ1v) is 16.9. The summed E-state index contributed by atoms with van der Waals surface area (Å²) >= 11 is 0. The number of carbonyl (C=O) groups excluding carboxylic acids is 3. The first-order valence-electron chi connectivity index (χ1n) is 16.9. The third-order valence-corrected chi connectivity index (χ3v) is 6.41. The minimum absolute atomic E-state index is 0. The van der Waals surface area contributed by atoms with Crippen LogP contribution in [0.4, 0.5) is 0 Å². The van der Waals surface area contributed by atoms with Crippen molar-refractivity contribution >= 4 is 23.4 Å². The van der Waals surface area contributed by atoms with Gasteiger partial charge in [-0.3, -0.25) is 24.5 Å². The molecule has 3 heterocycles. The predicted molar refractivity (Wildman–Crippen MR) is 199 cm³/mol. The summed E-state index contributed by atoms with van der Waals surface area (Å²) in [5.41, 5.74) is 0. The SMILES string of the molecule is C.CC(=O)C1CCCN1.CC(=O)CN(C)C.CC1CCN(C)CC1O.CCC(=O)NC#N.CCC(=O)O.CCCN(C)C.CCc1nn[nH]n1. The molecule has 2 fully saturated rings. The van der Waals surface area contributed by atoms with Gasteiger partial charge in [-0.25, -0.2) is 0 Å². The first kappa shape index (κ1) is 56.0. The van der Waals surface area contributed by atoms with E-state index in [0.717, 1.165) is 51.1 Å². The van der Waals surface area contributed by atoms with E-state index >= 15 is 0 Å². The molecule has 50 heavy (non-hydrogen) atoms. The Morgan fingerprint density at radius 1 is 1.04 bits per heavy atom.